The summed E-state index contributed by atoms with van der Waals surface area (Å²) in [5.74, 6) is 0.783. The molecule has 25 heavy (non-hydrogen) atoms. The standard InChI is InChI=1S/C17H24FN5O2/c1-19-8-3-9-20-16-15(18)12-21-17(23-16)22-13-4-6-14(7-5-13)25-11-10-24-2/h4-7,12,19H,3,8-11H2,1-2H3,(H2,20,21,22,23). The van der Waals surface area contributed by atoms with E-state index in [0.29, 0.717) is 25.7 Å². The number of hydrogen-bond donors (Lipinski definition) is 3. The largest absolute Gasteiger partial charge is 0.491 e. The maximum Gasteiger partial charge on any atom is 0.229 e. The summed E-state index contributed by atoms with van der Waals surface area (Å²) in [6, 6.07) is 7.35. The first-order valence-electron chi connectivity index (χ1n) is 8.12. The third-order valence-electron chi connectivity index (χ3n) is 3.31. The Hall–Kier alpha value is -2.45. The van der Waals surface area contributed by atoms with Crippen LogP contribution in [0.5, 0.6) is 5.75 Å². The molecule has 2 aromatic rings. The molecule has 8 heteroatoms. The second kappa shape index (κ2) is 10.4. The fourth-order valence-corrected chi connectivity index (χ4v) is 2.03. The highest BCUT2D eigenvalue weighted by molar-refractivity contribution is 5.56. The lowest BCUT2D eigenvalue weighted by molar-refractivity contribution is 0.146. The predicted octanol–water partition coefficient (Wildman–Crippen LogP) is 2.41. The highest BCUT2D eigenvalue weighted by Gasteiger charge is 2.07. The number of hydrogen-bond acceptors (Lipinski definition) is 7. The molecule has 0 aliphatic heterocycles. The minimum atomic E-state index is -0.475. The van der Waals surface area contributed by atoms with Gasteiger partial charge in [0.05, 0.1) is 12.8 Å². The van der Waals surface area contributed by atoms with Crippen LogP contribution in [0.1, 0.15) is 6.42 Å². The molecule has 1 aromatic heterocycles. The van der Waals surface area contributed by atoms with E-state index in [2.05, 4.69) is 25.9 Å². The van der Waals surface area contributed by atoms with Crippen LogP contribution in [-0.4, -0.2) is 50.4 Å². The van der Waals surface area contributed by atoms with Crippen molar-refractivity contribution in [1.29, 1.82) is 0 Å². The SMILES string of the molecule is CNCCCNc1nc(Nc2ccc(OCCOC)cc2)ncc1F. The van der Waals surface area contributed by atoms with Gasteiger partial charge in [-0.2, -0.15) is 4.98 Å². The molecule has 0 saturated heterocycles. The minimum absolute atomic E-state index is 0.188. The Kier molecular flexibility index (Phi) is 7.87. The van der Waals surface area contributed by atoms with Gasteiger partial charge in [0, 0.05) is 19.3 Å². The number of anilines is 3. The molecule has 136 valence electrons. The Bertz CT molecular complexity index is 639. The van der Waals surface area contributed by atoms with Gasteiger partial charge in [-0.15, -0.1) is 0 Å². The maximum atomic E-state index is 13.8. The van der Waals surface area contributed by atoms with Crippen LogP contribution in [-0.2, 0) is 4.74 Å². The summed E-state index contributed by atoms with van der Waals surface area (Å²) in [6.45, 7) is 2.51. The molecule has 0 atom stereocenters. The summed E-state index contributed by atoms with van der Waals surface area (Å²) in [5, 5.41) is 9.06. The fraction of sp³-hybridized carbons (Fsp3) is 0.412. The molecule has 0 bridgehead atoms. The van der Waals surface area contributed by atoms with Crippen LogP contribution in [0, 0.1) is 5.82 Å². The smallest absolute Gasteiger partial charge is 0.229 e. The van der Waals surface area contributed by atoms with Crippen LogP contribution >= 0.6 is 0 Å². The zero-order valence-corrected chi connectivity index (χ0v) is 14.5. The maximum absolute atomic E-state index is 13.8. The number of halogens is 1. The van der Waals surface area contributed by atoms with Gasteiger partial charge in [-0.25, -0.2) is 9.37 Å². The monoisotopic (exact) mass is 349 g/mol. The Morgan fingerprint density at radius 3 is 2.64 bits per heavy atom. The van der Waals surface area contributed by atoms with Crippen LogP contribution in [0.4, 0.5) is 21.8 Å². The molecule has 0 unspecified atom stereocenters. The van der Waals surface area contributed by atoms with Crippen LogP contribution in [0.15, 0.2) is 30.5 Å². The van der Waals surface area contributed by atoms with E-state index in [1.807, 2.05) is 31.3 Å². The molecule has 0 saturated carbocycles. The van der Waals surface area contributed by atoms with Gasteiger partial charge in [0.2, 0.25) is 5.95 Å². The number of ether oxygens (including phenoxy) is 2. The lowest BCUT2D eigenvalue weighted by atomic mass is 10.3. The summed E-state index contributed by atoms with van der Waals surface area (Å²) >= 11 is 0. The molecule has 3 N–H and O–H groups in total. The van der Waals surface area contributed by atoms with Crippen LogP contribution in [0.2, 0.25) is 0 Å². The van der Waals surface area contributed by atoms with Crippen molar-refractivity contribution in [3.05, 3.63) is 36.3 Å². The van der Waals surface area contributed by atoms with E-state index in [9.17, 15) is 4.39 Å². The highest BCUT2D eigenvalue weighted by atomic mass is 19.1. The zero-order chi connectivity index (χ0) is 17.9. The summed E-state index contributed by atoms with van der Waals surface area (Å²) in [6.07, 6.45) is 2.02. The average Bonchev–Trinajstić information content (AvgIpc) is 2.63. The third kappa shape index (κ3) is 6.52. The van der Waals surface area contributed by atoms with Gasteiger partial charge in [0.1, 0.15) is 12.4 Å². The van der Waals surface area contributed by atoms with Gasteiger partial charge < -0.3 is 25.4 Å². The zero-order valence-electron chi connectivity index (χ0n) is 14.5. The molecule has 0 spiro atoms. The fourth-order valence-electron chi connectivity index (χ4n) is 2.03. The van der Waals surface area contributed by atoms with Crippen molar-refractivity contribution >= 4 is 17.5 Å². The highest BCUT2D eigenvalue weighted by Crippen LogP contribution is 2.19. The van der Waals surface area contributed by atoms with Crippen LogP contribution < -0.4 is 20.7 Å². The number of rotatable bonds is 11. The van der Waals surface area contributed by atoms with Crippen molar-refractivity contribution in [3.63, 3.8) is 0 Å². The lowest BCUT2D eigenvalue weighted by Crippen LogP contribution is -2.14. The molecule has 0 aliphatic carbocycles. The van der Waals surface area contributed by atoms with E-state index in [0.717, 1.165) is 30.6 Å². The van der Waals surface area contributed by atoms with Crippen LogP contribution in [0.25, 0.3) is 0 Å². The van der Waals surface area contributed by atoms with Gasteiger partial charge >= 0.3 is 0 Å². The molecule has 2 rings (SSSR count). The number of nitrogens with one attached hydrogen (secondary N) is 3. The molecule has 0 fully saturated rings. The molecule has 1 aromatic carbocycles. The first-order valence-corrected chi connectivity index (χ1v) is 8.12. The van der Waals surface area contributed by atoms with Crippen molar-refractivity contribution in [2.24, 2.45) is 0 Å². The molecular formula is C17H24FN5O2. The Morgan fingerprint density at radius 1 is 1.12 bits per heavy atom. The Labute approximate surface area is 147 Å². The summed E-state index contributed by atoms with van der Waals surface area (Å²) in [5.41, 5.74) is 0.784. The van der Waals surface area contributed by atoms with Crippen molar-refractivity contribution in [2.45, 2.75) is 6.42 Å². The summed E-state index contributed by atoms with van der Waals surface area (Å²) in [7, 11) is 3.50. The van der Waals surface area contributed by atoms with E-state index in [4.69, 9.17) is 9.47 Å². The van der Waals surface area contributed by atoms with Crippen LogP contribution in [0.3, 0.4) is 0 Å². The number of aromatic nitrogens is 2. The topological polar surface area (TPSA) is 80.3 Å². The number of nitrogens with zero attached hydrogens (tertiary/aromatic N) is 2. The summed E-state index contributed by atoms with van der Waals surface area (Å²) < 4.78 is 24.2. The second-order valence-corrected chi connectivity index (χ2v) is 5.26. The predicted molar refractivity (Wildman–Crippen MR) is 96.1 cm³/mol. The first-order chi connectivity index (χ1) is 12.2. The lowest BCUT2D eigenvalue weighted by Gasteiger charge is -2.10. The van der Waals surface area contributed by atoms with E-state index >= 15 is 0 Å². The van der Waals surface area contributed by atoms with Crippen molar-refractivity contribution in [2.75, 3.05) is 51.1 Å². The summed E-state index contributed by atoms with van der Waals surface area (Å²) in [4.78, 5) is 8.14. The number of methoxy groups -OCH3 is 1. The normalized spacial score (nSPS) is 10.5. The average molecular weight is 349 g/mol. The molecular weight excluding hydrogens is 325 g/mol. The Balaban J connectivity index is 1.93. The van der Waals surface area contributed by atoms with E-state index in [-0.39, 0.29) is 5.82 Å². The van der Waals surface area contributed by atoms with Gasteiger partial charge in [-0.3, -0.25) is 0 Å². The van der Waals surface area contributed by atoms with E-state index in [1.54, 1.807) is 7.11 Å². The van der Waals surface area contributed by atoms with Gasteiger partial charge in [-0.05, 0) is 44.3 Å². The van der Waals surface area contributed by atoms with Gasteiger partial charge in [-0.1, -0.05) is 0 Å². The van der Waals surface area contributed by atoms with Crippen molar-refractivity contribution < 1.29 is 13.9 Å². The van der Waals surface area contributed by atoms with Gasteiger partial charge in [0.15, 0.2) is 11.6 Å². The van der Waals surface area contributed by atoms with Crippen molar-refractivity contribution in [3.8, 4) is 5.75 Å². The molecule has 1 heterocycles. The van der Waals surface area contributed by atoms with Gasteiger partial charge in [0.25, 0.3) is 0 Å². The quantitative estimate of drug-likeness (QED) is 0.538. The second-order valence-electron chi connectivity index (χ2n) is 5.26. The molecule has 0 radical (unpaired) electrons. The van der Waals surface area contributed by atoms with E-state index < -0.39 is 5.82 Å². The molecule has 7 nitrogen and oxygen atoms in total. The minimum Gasteiger partial charge on any atom is -0.491 e. The van der Waals surface area contributed by atoms with E-state index in [1.165, 1.54) is 0 Å². The molecule has 0 amide bonds. The molecule has 0 aliphatic rings. The first kappa shape index (κ1) is 18.9. The third-order valence-corrected chi connectivity index (χ3v) is 3.31. The number of benzene rings is 1. The van der Waals surface area contributed by atoms with Crippen molar-refractivity contribution in [1.82, 2.24) is 15.3 Å². The Morgan fingerprint density at radius 2 is 1.92 bits per heavy atom.